The van der Waals surface area contributed by atoms with E-state index in [0.717, 1.165) is 11.1 Å². The van der Waals surface area contributed by atoms with Gasteiger partial charge in [-0.3, -0.25) is 0 Å². The lowest BCUT2D eigenvalue weighted by Gasteiger charge is -2.11. The van der Waals surface area contributed by atoms with Crippen LogP contribution in [0.15, 0.2) is 48.5 Å². The summed E-state index contributed by atoms with van der Waals surface area (Å²) in [5.74, 6) is -0.230. The highest BCUT2D eigenvalue weighted by atomic mass is 16.5. The van der Waals surface area contributed by atoms with Gasteiger partial charge in [0.05, 0.1) is 5.56 Å². The predicted octanol–water partition coefficient (Wildman–Crippen LogP) is 3.25. The number of esters is 1. The van der Waals surface area contributed by atoms with Gasteiger partial charge in [0.25, 0.3) is 0 Å². The third-order valence-corrected chi connectivity index (χ3v) is 3.03. The van der Waals surface area contributed by atoms with E-state index in [-0.39, 0.29) is 12.1 Å². The molecule has 2 aromatic carbocycles. The Bertz CT molecular complexity index is 587. The number of hydrogen-bond acceptors (Lipinski definition) is 2. The summed E-state index contributed by atoms with van der Waals surface area (Å²) in [5, 5.41) is 0. The highest BCUT2D eigenvalue weighted by Crippen LogP contribution is 2.35. The maximum atomic E-state index is 11.7. The average Bonchev–Trinajstić information content (AvgIpc) is 2.68. The van der Waals surface area contributed by atoms with Crippen molar-refractivity contribution in [2.75, 3.05) is 0 Å². The number of hydrogen-bond donors (Lipinski definition) is 0. The van der Waals surface area contributed by atoms with E-state index in [4.69, 9.17) is 4.74 Å². The zero-order valence-electron chi connectivity index (χ0n) is 9.51. The van der Waals surface area contributed by atoms with Crippen molar-refractivity contribution in [1.29, 1.82) is 0 Å². The standard InChI is InChI=1S/C15H12O2/c1-10-5-4-6-11(9-10)14-12-7-2-3-8-13(12)15(16)17-14/h2-9,14H,1H3. The van der Waals surface area contributed by atoms with Gasteiger partial charge in [-0.25, -0.2) is 4.79 Å². The number of cyclic esters (lactones) is 1. The van der Waals surface area contributed by atoms with Gasteiger partial charge >= 0.3 is 5.97 Å². The summed E-state index contributed by atoms with van der Waals surface area (Å²) in [5.41, 5.74) is 3.84. The second kappa shape index (κ2) is 3.74. The molecule has 84 valence electrons. The Morgan fingerprint density at radius 2 is 1.88 bits per heavy atom. The van der Waals surface area contributed by atoms with Gasteiger partial charge in [-0.2, -0.15) is 0 Å². The summed E-state index contributed by atoms with van der Waals surface area (Å²) in [6.45, 7) is 2.03. The van der Waals surface area contributed by atoms with Gasteiger partial charge < -0.3 is 4.74 Å². The van der Waals surface area contributed by atoms with Crippen molar-refractivity contribution < 1.29 is 9.53 Å². The maximum Gasteiger partial charge on any atom is 0.339 e. The summed E-state index contributed by atoms with van der Waals surface area (Å²) in [7, 11) is 0. The van der Waals surface area contributed by atoms with Crippen LogP contribution in [0, 0.1) is 6.92 Å². The van der Waals surface area contributed by atoms with Crippen molar-refractivity contribution in [2.24, 2.45) is 0 Å². The Hall–Kier alpha value is -2.09. The number of ether oxygens (including phenoxy) is 1. The molecule has 0 radical (unpaired) electrons. The Kier molecular flexibility index (Phi) is 2.22. The van der Waals surface area contributed by atoms with Crippen molar-refractivity contribution in [3.63, 3.8) is 0 Å². The molecule has 1 aliphatic rings. The highest BCUT2D eigenvalue weighted by Gasteiger charge is 2.31. The first kappa shape index (κ1) is 10.1. The molecule has 0 aromatic heterocycles. The molecular weight excluding hydrogens is 212 g/mol. The molecule has 1 atom stereocenters. The third kappa shape index (κ3) is 1.62. The van der Waals surface area contributed by atoms with Crippen LogP contribution in [-0.2, 0) is 4.74 Å². The topological polar surface area (TPSA) is 26.3 Å². The van der Waals surface area contributed by atoms with Crippen molar-refractivity contribution >= 4 is 5.97 Å². The lowest BCUT2D eigenvalue weighted by atomic mass is 9.98. The summed E-state index contributed by atoms with van der Waals surface area (Å²) >= 11 is 0. The fraction of sp³-hybridized carbons (Fsp3) is 0.133. The molecule has 0 N–H and O–H groups in total. The van der Waals surface area contributed by atoms with E-state index in [1.807, 2.05) is 49.4 Å². The van der Waals surface area contributed by atoms with E-state index in [2.05, 4.69) is 6.07 Å². The molecule has 17 heavy (non-hydrogen) atoms. The lowest BCUT2D eigenvalue weighted by Crippen LogP contribution is -2.00. The molecule has 0 amide bonds. The normalized spacial score (nSPS) is 17.7. The molecule has 0 spiro atoms. The van der Waals surface area contributed by atoms with Crippen LogP contribution in [0.5, 0.6) is 0 Å². The molecule has 0 saturated carbocycles. The smallest absolute Gasteiger partial charge is 0.339 e. The summed E-state index contributed by atoms with van der Waals surface area (Å²) in [6, 6.07) is 15.6. The van der Waals surface area contributed by atoms with Crippen LogP contribution in [-0.4, -0.2) is 5.97 Å². The van der Waals surface area contributed by atoms with Crippen LogP contribution in [0.2, 0.25) is 0 Å². The van der Waals surface area contributed by atoms with E-state index in [1.165, 1.54) is 5.56 Å². The SMILES string of the molecule is Cc1cccc(C2OC(=O)c3ccccc32)c1. The summed E-state index contributed by atoms with van der Waals surface area (Å²) in [6.07, 6.45) is -0.251. The van der Waals surface area contributed by atoms with Crippen LogP contribution in [0.3, 0.4) is 0 Å². The van der Waals surface area contributed by atoms with Crippen molar-refractivity contribution in [3.8, 4) is 0 Å². The quantitative estimate of drug-likeness (QED) is 0.695. The zero-order valence-corrected chi connectivity index (χ0v) is 9.51. The third-order valence-electron chi connectivity index (χ3n) is 3.03. The van der Waals surface area contributed by atoms with Gasteiger partial charge in [0.1, 0.15) is 0 Å². The van der Waals surface area contributed by atoms with Crippen LogP contribution in [0.25, 0.3) is 0 Å². The first-order valence-electron chi connectivity index (χ1n) is 5.62. The Morgan fingerprint density at radius 1 is 1.06 bits per heavy atom. The number of carbonyl (C=O) groups is 1. The number of aryl methyl sites for hydroxylation is 1. The van der Waals surface area contributed by atoms with E-state index in [1.54, 1.807) is 0 Å². The monoisotopic (exact) mass is 224 g/mol. The predicted molar refractivity (Wildman–Crippen MR) is 64.9 cm³/mol. The minimum absolute atomic E-state index is 0.230. The fourth-order valence-electron chi connectivity index (χ4n) is 2.23. The fourth-order valence-corrected chi connectivity index (χ4v) is 2.23. The molecule has 0 saturated heterocycles. The summed E-state index contributed by atoms with van der Waals surface area (Å²) < 4.78 is 5.43. The van der Waals surface area contributed by atoms with Crippen LogP contribution in [0.4, 0.5) is 0 Å². The first-order chi connectivity index (χ1) is 8.25. The first-order valence-corrected chi connectivity index (χ1v) is 5.62. The van der Waals surface area contributed by atoms with E-state index < -0.39 is 0 Å². The highest BCUT2D eigenvalue weighted by molar-refractivity contribution is 5.94. The van der Waals surface area contributed by atoms with Crippen molar-refractivity contribution in [2.45, 2.75) is 13.0 Å². The second-order valence-electron chi connectivity index (χ2n) is 4.29. The average molecular weight is 224 g/mol. The molecule has 0 aliphatic carbocycles. The Morgan fingerprint density at radius 3 is 2.71 bits per heavy atom. The van der Waals surface area contributed by atoms with Gasteiger partial charge in [0, 0.05) is 5.56 Å². The van der Waals surface area contributed by atoms with Gasteiger partial charge in [0.15, 0.2) is 6.10 Å². The number of rotatable bonds is 1. The van der Waals surface area contributed by atoms with Crippen molar-refractivity contribution in [3.05, 3.63) is 70.8 Å². The van der Waals surface area contributed by atoms with Crippen LogP contribution >= 0.6 is 0 Å². The van der Waals surface area contributed by atoms with E-state index >= 15 is 0 Å². The van der Waals surface area contributed by atoms with Gasteiger partial charge in [0.2, 0.25) is 0 Å². The second-order valence-corrected chi connectivity index (χ2v) is 4.29. The molecule has 1 aliphatic heterocycles. The van der Waals surface area contributed by atoms with Crippen LogP contribution < -0.4 is 0 Å². The number of fused-ring (bicyclic) bond motifs is 1. The number of benzene rings is 2. The number of carbonyl (C=O) groups excluding carboxylic acids is 1. The molecular formula is C15H12O2. The molecule has 0 bridgehead atoms. The molecule has 2 nitrogen and oxygen atoms in total. The molecule has 3 rings (SSSR count). The van der Waals surface area contributed by atoms with E-state index in [9.17, 15) is 4.79 Å². The van der Waals surface area contributed by atoms with Crippen molar-refractivity contribution in [1.82, 2.24) is 0 Å². The molecule has 2 aromatic rings. The lowest BCUT2D eigenvalue weighted by molar-refractivity contribution is 0.0455. The van der Waals surface area contributed by atoms with Crippen LogP contribution in [0.1, 0.15) is 33.2 Å². The Labute approximate surface area is 99.9 Å². The Balaban J connectivity index is 2.10. The molecule has 1 heterocycles. The molecule has 2 heteroatoms. The minimum atomic E-state index is -0.251. The van der Waals surface area contributed by atoms with Gasteiger partial charge in [-0.1, -0.05) is 48.0 Å². The molecule has 0 fully saturated rings. The van der Waals surface area contributed by atoms with Gasteiger partial charge in [-0.15, -0.1) is 0 Å². The molecule has 1 unspecified atom stereocenters. The summed E-state index contributed by atoms with van der Waals surface area (Å²) in [4.78, 5) is 11.7. The van der Waals surface area contributed by atoms with Gasteiger partial charge in [-0.05, 0) is 18.6 Å². The minimum Gasteiger partial charge on any atom is -0.449 e. The zero-order chi connectivity index (χ0) is 11.8. The van der Waals surface area contributed by atoms with E-state index in [0.29, 0.717) is 5.56 Å². The maximum absolute atomic E-state index is 11.7. The largest absolute Gasteiger partial charge is 0.449 e.